The van der Waals surface area contributed by atoms with Crippen molar-refractivity contribution in [3.8, 4) is 0 Å². The fourth-order valence-corrected chi connectivity index (χ4v) is 2.91. The second kappa shape index (κ2) is 8.10. The molecule has 1 aliphatic heterocycles. The Morgan fingerprint density at radius 3 is 2.77 bits per heavy atom. The molecule has 1 aliphatic rings. The van der Waals surface area contributed by atoms with E-state index in [9.17, 15) is 14.9 Å². The summed E-state index contributed by atoms with van der Waals surface area (Å²) in [5, 5.41) is 11.0. The van der Waals surface area contributed by atoms with Crippen molar-refractivity contribution < 1.29 is 9.72 Å². The van der Waals surface area contributed by atoms with Crippen LogP contribution in [0, 0.1) is 16.0 Å². The van der Waals surface area contributed by atoms with Crippen molar-refractivity contribution in [1.29, 1.82) is 0 Å². The zero-order chi connectivity index (χ0) is 15.4. The van der Waals surface area contributed by atoms with E-state index in [2.05, 4.69) is 6.92 Å². The fourth-order valence-electron chi connectivity index (χ4n) is 2.91. The van der Waals surface area contributed by atoms with Crippen LogP contribution in [-0.4, -0.2) is 34.9 Å². The Kier molecular flexibility index (Phi) is 6.77. The quantitative estimate of drug-likeness (QED) is 0.677. The molecule has 1 aromatic carbocycles. The topological polar surface area (TPSA) is 89.5 Å². The van der Waals surface area contributed by atoms with Crippen molar-refractivity contribution >= 4 is 24.0 Å². The summed E-state index contributed by atoms with van der Waals surface area (Å²) in [7, 11) is 0. The number of nitrogens with two attached hydrogens (primary N) is 1. The lowest BCUT2D eigenvalue weighted by molar-refractivity contribution is -0.385. The predicted octanol–water partition coefficient (Wildman–Crippen LogP) is 2.14. The molecule has 0 saturated carbocycles. The summed E-state index contributed by atoms with van der Waals surface area (Å²) in [5.41, 5.74) is 6.22. The molecule has 7 heteroatoms. The van der Waals surface area contributed by atoms with E-state index in [-0.39, 0.29) is 36.5 Å². The number of halogens is 1. The van der Waals surface area contributed by atoms with Gasteiger partial charge in [-0.1, -0.05) is 25.1 Å². The molecule has 2 atom stereocenters. The Morgan fingerprint density at radius 2 is 2.14 bits per heavy atom. The van der Waals surface area contributed by atoms with Gasteiger partial charge in [0.2, 0.25) is 5.91 Å². The number of piperidine rings is 1. The van der Waals surface area contributed by atoms with Crippen molar-refractivity contribution in [2.24, 2.45) is 11.7 Å². The molecule has 122 valence electrons. The van der Waals surface area contributed by atoms with E-state index in [0.29, 0.717) is 24.6 Å². The lowest BCUT2D eigenvalue weighted by Gasteiger charge is -2.38. The summed E-state index contributed by atoms with van der Waals surface area (Å²) < 4.78 is 0. The molecule has 2 unspecified atom stereocenters. The minimum Gasteiger partial charge on any atom is -0.338 e. The highest BCUT2D eigenvalue weighted by molar-refractivity contribution is 5.85. The first kappa shape index (κ1) is 18.4. The van der Waals surface area contributed by atoms with Crippen LogP contribution in [0.15, 0.2) is 24.3 Å². The van der Waals surface area contributed by atoms with Gasteiger partial charge in [-0.25, -0.2) is 0 Å². The Labute approximate surface area is 136 Å². The molecule has 1 aromatic rings. The van der Waals surface area contributed by atoms with Crippen molar-refractivity contribution in [2.45, 2.75) is 32.2 Å². The third-order valence-electron chi connectivity index (χ3n) is 4.10. The molecule has 0 aliphatic carbocycles. The minimum atomic E-state index is -0.443. The third-order valence-corrected chi connectivity index (χ3v) is 4.10. The van der Waals surface area contributed by atoms with Crippen LogP contribution in [0.25, 0.3) is 0 Å². The van der Waals surface area contributed by atoms with E-state index in [1.165, 1.54) is 6.07 Å². The zero-order valence-electron chi connectivity index (χ0n) is 12.6. The monoisotopic (exact) mass is 327 g/mol. The van der Waals surface area contributed by atoms with E-state index >= 15 is 0 Å². The summed E-state index contributed by atoms with van der Waals surface area (Å²) in [4.78, 5) is 24.8. The first-order chi connectivity index (χ1) is 10.0. The summed E-state index contributed by atoms with van der Waals surface area (Å²) in [6.45, 7) is 3.28. The van der Waals surface area contributed by atoms with Gasteiger partial charge in [0.15, 0.2) is 0 Å². The van der Waals surface area contributed by atoms with Gasteiger partial charge in [0.1, 0.15) is 0 Å². The number of nitro benzene ring substituents is 1. The van der Waals surface area contributed by atoms with Crippen molar-refractivity contribution in [3.05, 3.63) is 39.9 Å². The van der Waals surface area contributed by atoms with Gasteiger partial charge >= 0.3 is 0 Å². The summed E-state index contributed by atoms with van der Waals surface area (Å²) >= 11 is 0. The van der Waals surface area contributed by atoms with Gasteiger partial charge in [-0.15, -0.1) is 12.4 Å². The van der Waals surface area contributed by atoms with Gasteiger partial charge in [-0.2, -0.15) is 0 Å². The Hall–Kier alpha value is -1.66. The SMILES string of the molecule is CC1CCN(C(=O)Cc2ccccc2[N+](=O)[O-])C(CN)C1.Cl. The van der Waals surface area contributed by atoms with Gasteiger partial charge in [0, 0.05) is 30.8 Å². The molecule has 2 rings (SSSR count). The van der Waals surface area contributed by atoms with Crippen LogP contribution in [0.3, 0.4) is 0 Å². The summed E-state index contributed by atoms with van der Waals surface area (Å²) in [6.07, 6.45) is 1.92. The van der Waals surface area contributed by atoms with Gasteiger partial charge in [-0.3, -0.25) is 14.9 Å². The van der Waals surface area contributed by atoms with E-state index in [1.807, 2.05) is 0 Å². The Balaban J connectivity index is 0.00000242. The largest absolute Gasteiger partial charge is 0.338 e. The van der Waals surface area contributed by atoms with Crippen LogP contribution in [0.2, 0.25) is 0 Å². The third kappa shape index (κ3) is 4.18. The molecule has 1 saturated heterocycles. The maximum absolute atomic E-state index is 12.5. The molecule has 0 aromatic heterocycles. The molecule has 22 heavy (non-hydrogen) atoms. The fraction of sp³-hybridized carbons (Fsp3) is 0.533. The molecule has 2 N–H and O–H groups in total. The van der Waals surface area contributed by atoms with Crippen LogP contribution >= 0.6 is 12.4 Å². The standard InChI is InChI=1S/C15H21N3O3.ClH/c1-11-6-7-17(13(8-11)10-16)15(19)9-12-4-2-3-5-14(12)18(20)21;/h2-5,11,13H,6-10,16H2,1H3;1H. The number of benzene rings is 1. The molecule has 1 fully saturated rings. The van der Waals surface area contributed by atoms with Crippen LogP contribution in [0.4, 0.5) is 5.69 Å². The normalized spacial score (nSPS) is 21.1. The maximum Gasteiger partial charge on any atom is 0.273 e. The van der Waals surface area contributed by atoms with Crippen LogP contribution in [0.5, 0.6) is 0 Å². The molecule has 6 nitrogen and oxygen atoms in total. The summed E-state index contributed by atoms with van der Waals surface area (Å²) in [6, 6.07) is 6.44. The lowest BCUT2D eigenvalue weighted by Crippen LogP contribution is -2.49. The Morgan fingerprint density at radius 1 is 1.45 bits per heavy atom. The number of likely N-dealkylation sites (tertiary alicyclic amines) is 1. The smallest absolute Gasteiger partial charge is 0.273 e. The molecular formula is C15H22ClN3O3. The molecular weight excluding hydrogens is 306 g/mol. The molecule has 0 radical (unpaired) electrons. The van der Waals surface area contributed by atoms with Gasteiger partial charge in [-0.05, 0) is 18.8 Å². The average molecular weight is 328 g/mol. The number of nitrogens with zero attached hydrogens (tertiary/aromatic N) is 2. The van der Waals surface area contributed by atoms with Crippen LogP contribution in [0.1, 0.15) is 25.3 Å². The highest BCUT2D eigenvalue weighted by atomic mass is 35.5. The average Bonchev–Trinajstić information content (AvgIpc) is 2.47. The highest BCUT2D eigenvalue weighted by Gasteiger charge is 2.29. The van der Waals surface area contributed by atoms with E-state index in [0.717, 1.165) is 12.8 Å². The second-order valence-electron chi connectivity index (χ2n) is 5.67. The first-order valence-electron chi connectivity index (χ1n) is 7.24. The number of carbonyl (C=O) groups is 1. The number of nitro groups is 1. The predicted molar refractivity (Wildman–Crippen MR) is 87.0 cm³/mol. The maximum atomic E-state index is 12.5. The molecule has 0 bridgehead atoms. The minimum absolute atomic E-state index is 0. The van der Waals surface area contributed by atoms with Crippen LogP contribution in [-0.2, 0) is 11.2 Å². The van der Waals surface area contributed by atoms with E-state index in [4.69, 9.17) is 5.73 Å². The van der Waals surface area contributed by atoms with E-state index < -0.39 is 4.92 Å². The number of amides is 1. The molecule has 1 heterocycles. The van der Waals surface area contributed by atoms with Gasteiger partial charge in [0.05, 0.1) is 11.3 Å². The van der Waals surface area contributed by atoms with Gasteiger partial charge < -0.3 is 10.6 Å². The zero-order valence-corrected chi connectivity index (χ0v) is 13.4. The van der Waals surface area contributed by atoms with E-state index in [1.54, 1.807) is 23.1 Å². The van der Waals surface area contributed by atoms with Crippen LogP contribution < -0.4 is 5.73 Å². The number of para-hydroxylation sites is 1. The number of carbonyl (C=O) groups excluding carboxylic acids is 1. The van der Waals surface area contributed by atoms with Crippen molar-refractivity contribution in [3.63, 3.8) is 0 Å². The highest BCUT2D eigenvalue weighted by Crippen LogP contribution is 2.24. The number of rotatable bonds is 4. The number of hydrogen-bond acceptors (Lipinski definition) is 4. The van der Waals surface area contributed by atoms with Gasteiger partial charge in [0.25, 0.3) is 5.69 Å². The first-order valence-corrected chi connectivity index (χ1v) is 7.24. The summed E-state index contributed by atoms with van der Waals surface area (Å²) in [5.74, 6) is 0.486. The Bertz CT molecular complexity index is 539. The lowest BCUT2D eigenvalue weighted by atomic mass is 9.92. The number of hydrogen-bond donors (Lipinski definition) is 1. The molecule has 0 spiro atoms. The van der Waals surface area contributed by atoms with Crippen molar-refractivity contribution in [1.82, 2.24) is 4.90 Å². The molecule has 1 amide bonds. The second-order valence-corrected chi connectivity index (χ2v) is 5.67. The van der Waals surface area contributed by atoms with Crippen molar-refractivity contribution in [2.75, 3.05) is 13.1 Å².